The van der Waals surface area contributed by atoms with E-state index >= 15 is 0 Å². The molecule has 0 aliphatic heterocycles. The van der Waals surface area contributed by atoms with Gasteiger partial charge in [-0.05, 0) is 42.3 Å². The van der Waals surface area contributed by atoms with Crippen molar-refractivity contribution in [3.8, 4) is 0 Å². The molecular weight excluding hydrogens is 478 g/mol. The number of carboxylic acids is 1. The molecule has 3 aromatic carbocycles. The van der Waals surface area contributed by atoms with Gasteiger partial charge in [-0.25, -0.2) is 4.98 Å². The number of fused-ring (bicyclic) bond motifs is 1. The van der Waals surface area contributed by atoms with E-state index in [0.29, 0.717) is 36.0 Å². The van der Waals surface area contributed by atoms with Crippen LogP contribution < -0.4 is 10.6 Å². The number of rotatable bonds is 9. The molecule has 0 bridgehead atoms. The van der Waals surface area contributed by atoms with Crippen molar-refractivity contribution in [3.05, 3.63) is 95.3 Å². The highest BCUT2D eigenvalue weighted by Gasteiger charge is 2.19. The largest absolute Gasteiger partial charge is 0.481 e. The lowest BCUT2D eigenvalue weighted by Gasteiger charge is -2.22. The van der Waals surface area contributed by atoms with Gasteiger partial charge in [-0.1, -0.05) is 42.5 Å². The summed E-state index contributed by atoms with van der Waals surface area (Å²) in [5.41, 5.74) is 10.1. The molecule has 0 radical (unpaired) electrons. The Morgan fingerprint density at radius 1 is 1.03 bits per heavy atom. The van der Waals surface area contributed by atoms with Gasteiger partial charge in [0.15, 0.2) is 0 Å². The van der Waals surface area contributed by atoms with E-state index in [2.05, 4.69) is 0 Å². The van der Waals surface area contributed by atoms with Crippen LogP contribution in [0.2, 0.25) is 0 Å². The molecule has 1 heterocycles. The number of aryl methyl sites for hydroxylation is 1. The molecule has 36 heavy (non-hydrogen) atoms. The van der Waals surface area contributed by atoms with Gasteiger partial charge in [0.1, 0.15) is 11.7 Å². The van der Waals surface area contributed by atoms with Crippen LogP contribution in [0.4, 0.5) is 5.69 Å². The quantitative estimate of drug-likeness (QED) is 0.230. The Bertz CT molecular complexity index is 1380. The summed E-state index contributed by atoms with van der Waals surface area (Å²) in [6, 6.07) is 22.2. The highest BCUT2D eigenvalue weighted by molar-refractivity contribution is 6.07. The van der Waals surface area contributed by atoms with Crippen LogP contribution in [0.15, 0.2) is 72.8 Å². The number of carbonyl (C=O) groups excluding carboxylic acids is 1. The van der Waals surface area contributed by atoms with Gasteiger partial charge in [0.2, 0.25) is 0 Å². The summed E-state index contributed by atoms with van der Waals surface area (Å²) in [7, 11) is 1.94. The van der Waals surface area contributed by atoms with Gasteiger partial charge in [-0.15, -0.1) is 12.4 Å². The average molecular weight is 506 g/mol. The highest BCUT2D eigenvalue weighted by Crippen LogP contribution is 2.23. The lowest BCUT2D eigenvalue weighted by Crippen LogP contribution is -2.32. The van der Waals surface area contributed by atoms with Crippen molar-refractivity contribution in [2.45, 2.75) is 19.3 Å². The maximum absolute atomic E-state index is 13.5. The number of halogens is 1. The molecule has 0 unspecified atom stereocenters. The minimum Gasteiger partial charge on any atom is -0.481 e. The van der Waals surface area contributed by atoms with Crippen LogP contribution in [0.1, 0.15) is 40.2 Å². The summed E-state index contributed by atoms with van der Waals surface area (Å²) < 4.78 is 2.00. The zero-order valence-corrected chi connectivity index (χ0v) is 20.7. The summed E-state index contributed by atoms with van der Waals surface area (Å²) in [6.45, 7) is 0.302. The Kier molecular flexibility index (Phi) is 8.45. The van der Waals surface area contributed by atoms with E-state index in [1.54, 1.807) is 17.0 Å². The number of aromatic nitrogens is 2. The number of hydrogen-bond acceptors (Lipinski definition) is 4. The Morgan fingerprint density at radius 3 is 2.33 bits per heavy atom. The van der Waals surface area contributed by atoms with Gasteiger partial charge in [0, 0.05) is 43.2 Å². The van der Waals surface area contributed by atoms with Gasteiger partial charge in [-0.3, -0.25) is 15.0 Å². The first-order valence-electron chi connectivity index (χ1n) is 11.3. The normalized spacial score (nSPS) is 10.6. The van der Waals surface area contributed by atoms with E-state index < -0.39 is 5.97 Å². The van der Waals surface area contributed by atoms with Crippen molar-refractivity contribution in [2.75, 3.05) is 11.4 Å². The molecule has 4 aromatic rings. The number of nitrogens with zero attached hydrogens (tertiary/aromatic N) is 3. The van der Waals surface area contributed by atoms with Crippen LogP contribution in [0.25, 0.3) is 11.0 Å². The first kappa shape index (κ1) is 26.4. The molecule has 0 fully saturated rings. The molecule has 8 nitrogen and oxygen atoms in total. The minimum atomic E-state index is -0.885. The molecule has 0 aliphatic rings. The van der Waals surface area contributed by atoms with Crippen LogP contribution in [0.5, 0.6) is 0 Å². The van der Waals surface area contributed by atoms with E-state index in [0.717, 1.165) is 22.6 Å². The minimum absolute atomic E-state index is 0. The van der Waals surface area contributed by atoms with Gasteiger partial charge in [-0.2, -0.15) is 0 Å². The van der Waals surface area contributed by atoms with Crippen LogP contribution in [0.3, 0.4) is 0 Å². The van der Waals surface area contributed by atoms with Gasteiger partial charge in [0.25, 0.3) is 5.91 Å². The molecule has 1 amide bonds. The third-order valence-electron chi connectivity index (χ3n) is 5.93. The third-order valence-corrected chi connectivity index (χ3v) is 5.93. The van der Waals surface area contributed by atoms with Gasteiger partial charge in [0.05, 0.1) is 11.0 Å². The molecule has 0 atom stereocenters. The zero-order chi connectivity index (χ0) is 24.9. The second-order valence-electron chi connectivity index (χ2n) is 8.37. The summed E-state index contributed by atoms with van der Waals surface area (Å²) in [4.78, 5) is 30.8. The second kappa shape index (κ2) is 11.5. The van der Waals surface area contributed by atoms with Crippen molar-refractivity contribution >= 4 is 46.8 Å². The van der Waals surface area contributed by atoms with Crippen LogP contribution in [-0.2, 0) is 18.3 Å². The van der Waals surface area contributed by atoms with Crippen molar-refractivity contribution < 1.29 is 14.7 Å². The number of anilines is 1. The molecule has 0 aliphatic carbocycles. The first-order valence-corrected chi connectivity index (χ1v) is 11.3. The molecule has 0 spiro atoms. The number of aliphatic carboxylic acids is 1. The Hall–Kier alpha value is -4.17. The highest BCUT2D eigenvalue weighted by atomic mass is 35.5. The summed E-state index contributed by atoms with van der Waals surface area (Å²) >= 11 is 0. The summed E-state index contributed by atoms with van der Waals surface area (Å²) in [5, 5.41) is 16.5. The SMILES string of the molecule is Cl.Cn1c(Cc2ccc(C(=N)N)cc2)nc2cc(C(=O)N(CCCC(=O)O)c3ccccc3)ccc21. The van der Waals surface area contributed by atoms with E-state index in [1.165, 1.54) is 0 Å². The maximum atomic E-state index is 13.5. The molecule has 4 N–H and O–H groups in total. The fourth-order valence-corrected chi connectivity index (χ4v) is 4.03. The zero-order valence-electron chi connectivity index (χ0n) is 19.8. The van der Waals surface area contributed by atoms with Crippen LogP contribution >= 0.6 is 12.4 Å². The third kappa shape index (κ3) is 5.90. The Balaban J connectivity index is 0.00000361. The van der Waals surface area contributed by atoms with E-state index in [4.69, 9.17) is 21.2 Å². The lowest BCUT2D eigenvalue weighted by molar-refractivity contribution is -0.137. The number of para-hydroxylation sites is 1. The number of amides is 1. The lowest BCUT2D eigenvalue weighted by atomic mass is 10.1. The molecule has 186 valence electrons. The predicted octanol–water partition coefficient (Wildman–Crippen LogP) is 4.38. The molecule has 0 saturated heterocycles. The maximum Gasteiger partial charge on any atom is 0.303 e. The summed E-state index contributed by atoms with van der Waals surface area (Å²) in [6.07, 6.45) is 0.943. The number of nitrogens with one attached hydrogen (secondary N) is 1. The monoisotopic (exact) mass is 505 g/mol. The van der Waals surface area contributed by atoms with Crippen LogP contribution in [0, 0.1) is 5.41 Å². The first-order chi connectivity index (χ1) is 16.8. The molecule has 1 aromatic heterocycles. The standard InChI is InChI=1S/C27H27N5O3.ClH/c1-31-23-14-13-20(27(35)32(15-5-8-25(33)34)21-6-3-2-4-7-21)17-22(23)30-24(31)16-18-9-11-19(12-10-18)26(28)29;/h2-4,6-7,9-14,17H,5,8,15-16H2,1H3,(H3,28,29)(H,33,34);1H. The number of amidine groups is 1. The number of hydrogen-bond donors (Lipinski definition) is 3. The molecule has 4 rings (SSSR count). The van der Waals surface area contributed by atoms with Crippen molar-refractivity contribution in [2.24, 2.45) is 12.8 Å². The van der Waals surface area contributed by atoms with Crippen LogP contribution in [-0.4, -0.2) is 38.9 Å². The number of benzene rings is 3. The second-order valence-corrected chi connectivity index (χ2v) is 8.37. The summed E-state index contributed by atoms with van der Waals surface area (Å²) in [5.74, 6) is -0.204. The van der Waals surface area contributed by atoms with Crippen molar-refractivity contribution in [3.63, 3.8) is 0 Å². The smallest absolute Gasteiger partial charge is 0.303 e. The van der Waals surface area contributed by atoms with Crippen molar-refractivity contribution in [1.29, 1.82) is 5.41 Å². The molecule has 9 heteroatoms. The van der Waals surface area contributed by atoms with E-state index in [9.17, 15) is 9.59 Å². The number of carboxylic acid groups (broad SMARTS) is 1. The topological polar surface area (TPSA) is 125 Å². The average Bonchev–Trinajstić information content (AvgIpc) is 3.16. The fraction of sp³-hybridized carbons (Fsp3) is 0.185. The molecular formula is C27H28ClN5O3. The van der Waals surface area contributed by atoms with E-state index in [1.807, 2.05) is 72.3 Å². The van der Waals surface area contributed by atoms with Gasteiger partial charge < -0.3 is 20.3 Å². The molecule has 0 saturated carbocycles. The number of imidazole rings is 1. The fourth-order valence-electron chi connectivity index (χ4n) is 4.03. The van der Waals surface area contributed by atoms with Gasteiger partial charge >= 0.3 is 5.97 Å². The number of nitrogen functional groups attached to an aromatic ring is 1. The predicted molar refractivity (Wildman–Crippen MR) is 143 cm³/mol. The van der Waals surface area contributed by atoms with Crippen molar-refractivity contribution in [1.82, 2.24) is 9.55 Å². The van der Waals surface area contributed by atoms with E-state index in [-0.39, 0.29) is 30.6 Å². The Labute approximate surface area is 215 Å². The Morgan fingerprint density at radius 2 is 1.69 bits per heavy atom. The number of nitrogens with two attached hydrogens (primary N) is 1. The number of carbonyl (C=O) groups is 2.